The Morgan fingerprint density at radius 3 is 2.41 bits per heavy atom. The van der Waals surface area contributed by atoms with Crippen molar-refractivity contribution in [2.75, 3.05) is 14.2 Å². The molecular formula is C9H17N3O4S. The largest absolute Gasteiger partial charge is 0.354 e. The second kappa shape index (κ2) is 5.58. The first-order chi connectivity index (χ1) is 7.92. The quantitative estimate of drug-likeness (QED) is 0.713. The van der Waals surface area contributed by atoms with Crippen LogP contribution in [0, 0.1) is 0 Å². The summed E-state index contributed by atoms with van der Waals surface area (Å²) in [4.78, 5) is 0. The molecule has 1 N–H and O–H groups in total. The number of hydrogen-bond acceptors (Lipinski definition) is 5. The lowest BCUT2D eigenvalue weighted by Gasteiger charge is -2.21. The van der Waals surface area contributed by atoms with Crippen LogP contribution in [0.4, 0.5) is 0 Å². The maximum absolute atomic E-state index is 12.0. The number of aromatic nitrogens is 2. The van der Waals surface area contributed by atoms with Crippen molar-refractivity contribution in [3.63, 3.8) is 0 Å². The number of ether oxygens (including phenoxy) is 2. The maximum Gasteiger partial charge on any atom is 0.258 e. The van der Waals surface area contributed by atoms with E-state index in [9.17, 15) is 8.42 Å². The SMILES string of the molecule is COC(OC)C(C)NS(=O)(=O)c1ccnn1C. The first-order valence-electron chi connectivity index (χ1n) is 4.98. The Hall–Kier alpha value is -0.960. The van der Waals surface area contributed by atoms with Gasteiger partial charge in [-0.2, -0.15) is 5.10 Å². The molecule has 0 bridgehead atoms. The van der Waals surface area contributed by atoms with E-state index in [1.165, 1.54) is 31.2 Å². The fourth-order valence-corrected chi connectivity index (χ4v) is 2.85. The second-order valence-corrected chi connectivity index (χ2v) is 5.20. The predicted molar refractivity (Wildman–Crippen MR) is 60.8 cm³/mol. The Morgan fingerprint density at radius 1 is 1.41 bits per heavy atom. The van der Waals surface area contributed by atoms with Crippen molar-refractivity contribution < 1.29 is 17.9 Å². The van der Waals surface area contributed by atoms with E-state index in [4.69, 9.17) is 9.47 Å². The molecule has 0 spiro atoms. The van der Waals surface area contributed by atoms with Crippen molar-refractivity contribution in [3.8, 4) is 0 Å². The summed E-state index contributed by atoms with van der Waals surface area (Å²) in [6, 6.07) is 0.911. The van der Waals surface area contributed by atoms with E-state index in [0.29, 0.717) is 0 Å². The van der Waals surface area contributed by atoms with Gasteiger partial charge in [0, 0.05) is 21.3 Å². The van der Waals surface area contributed by atoms with Gasteiger partial charge in [-0.25, -0.2) is 13.1 Å². The molecule has 1 aromatic rings. The molecule has 0 saturated heterocycles. The van der Waals surface area contributed by atoms with Gasteiger partial charge in [0.05, 0.1) is 12.2 Å². The van der Waals surface area contributed by atoms with Crippen LogP contribution in [-0.2, 0) is 26.5 Å². The molecular weight excluding hydrogens is 246 g/mol. The number of aryl methyl sites for hydroxylation is 1. The molecule has 0 saturated carbocycles. The van der Waals surface area contributed by atoms with Crippen molar-refractivity contribution in [1.82, 2.24) is 14.5 Å². The topological polar surface area (TPSA) is 82.4 Å². The molecule has 8 heteroatoms. The molecule has 17 heavy (non-hydrogen) atoms. The summed E-state index contributed by atoms with van der Waals surface area (Å²) in [7, 11) is 0.832. The lowest BCUT2D eigenvalue weighted by Crippen LogP contribution is -2.43. The molecule has 7 nitrogen and oxygen atoms in total. The molecule has 1 rings (SSSR count). The average molecular weight is 263 g/mol. The molecule has 0 radical (unpaired) electrons. The molecule has 1 atom stereocenters. The zero-order chi connectivity index (χ0) is 13.1. The Labute approximate surface area is 101 Å². The fourth-order valence-electron chi connectivity index (χ4n) is 1.49. The van der Waals surface area contributed by atoms with Gasteiger partial charge in [0.2, 0.25) is 0 Å². The summed E-state index contributed by atoms with van der Waals surface area (Å²) < 4.78 is 37.7. The first-order valence-corrected chi connectivity index (χ1v) is 6.46. The summed E-state index contributed by atoms with van der Waals surface area (Å²) in [5.74, 6) is 0. The molecule has 1 heterocycles. The monoisotopic (exact) mass is 263 g/mol. The van der Waals surface area contributed by atoms with Crippen LogP contribution >= 0.6 is 0 Å². The van der Waals surface area contributed by atoms with Gasteiger partial charge in [-0.15, -0.1) is 0 Å². The van der Waals surface area contributed by atoms with Crippen molar-refractivity contribution in [2.45, 2.75) is 24.3 Å². The Balaban J connectivity index is 2.84. The zero-order valence-electron chi connectivity index (χ0n) is 10.2. The predicted octanol–water partition coefficient (Wildman–Crippen LogP) is -0.294. The highest BCUT2D eigenvalue weighted by Gasteiger charge is 2.25. The van der Waals surface area contributed by atoms with Crippen LogP contribution in [0.25, 0.3) is 0 Å². The van der Waals surface area contributed by atoms with Crippen molar-refractivity contribution in [3.05, 3.63) is 12.3 Å². The lowest BCUT2D eigenvalue weighted by molar-refractivity contribution is -0.115. The molecule has 0 amide bonds. The van der Waals surface area contributed by atoms with Gasteiger partial charge in [-0.1, -0.05) is 0 Å². The molecule has 0 aliphatic heterocycles. The highest BCUT2D eigenvalue weighted by atomic mass is 32.2. The van der Waals surface area contributed by atoms with Crippen LogP contribution in [0.15, 0.2) is 17.3 Å². The maximum atomic E-state index is 12.0. The van der Waals surface area contributed by atoms with E-state index < -0.39 is 22.4 Å². The van der Waals surface area contributed by atoms with Gasteiger partial charge in [-0.3, -0.25) is 4.68 Å². The number of methoxy groups -OCH3 is 2. The lowest BCUT2D eigenvalue weighted by atomic mass is 10.3. The minimum Gasteiger partial charge on any atom is -0.354 e. The number of rotatable bonds is 6. The minimum absolute atomic E-state index is 0.0929. The molecule has 98 valence electrons. The molecule has 0 aromatic carbocycles. The van der Waals surface area contributed by atoms with Crippen LogP contribution in [0.2, 0.25) is 0 Å². The Bertz CT molecular complexity index is 453. The fraction of sp³-hybridized carbons (Fsp3) is 0.667. The molecule has 1 unspecified atom stereocenters. The smallest absolute Gasteiger partial charge is 0.258 e. The van der Waals surface area contributed by atoms with Crippen LogP contribution in [0.5, 0.6) is 0 Å². The van der Waals surface area contributed by atoms with Gasteiger partial charge in [0.15, 0.2) is 11.3 Å². The normalized spacial score (nSPS) is 14.2. The zero-order valence-corrected chi connectivity index (χ0v) is 11.1. The summed E-state index contributed by atoms with van der Waals surface area (Å²) >= 11 is 0. The Morgan fingerprint density at radius 2 is 2.00 bits per heavy atom. The van der Waals surface area contributed by atoms with Crippen molar-refractivity contribution >= 4 is 10.0 Å². The summed E-state index contributed by atoms with van der Waals surface area (Å²) in [6.07, 6.45) is 0.779. The van der Waals surface area contributed by atoms with Gasteiger partial charge < -0.3 is 9.47 Å². The third-order valence-corrected chi connectivity index (χ3v) is 3.90. The molecule has 1 aromatic heterocycles. The highest BCUT2D eigenvalue weighted by molar-refractivity contribution is 7.89. The molecule has 0 aliphatic carbocycles. The first kappa shape index (κ1) is 14.1. The Kier molecular flexibility index (Phi) is 4.63. The van der Waals surface area contributed by atoms with E-state index in [1.807, 2.05) is 0 Å². The van der Waals surface area contributed by atoms with E-state index in [2.05, 4.69) is 9.82 Å². The standard InChI is InChI=1S/C9H17N3O4S/c1-7(9(15-3)16-4)11-17(13,14)8-5-6-10-12(8)2/h5-7,9,11H,1-4H3. The van der Waals surface area contributed by atoms with E-state index in [-0.39, 0.29) is 5.03 Å². The number of hydrogen-bond donors (Lipinski definition) is 1. The van der Waals surface area contributed by atoms with Gasteiger partial charge in [0.1, 0.15) is 0 Å². The number of sulfonamides is 1. The summed E-state index contributed by atoms with van der Waals surface area (Å²) in [5, 5.41) is 3.90. The summed E-state index contributed by atoms with van der Waals surface area (Å²) in [5.41, 5.74) is 0. The van der Waals surface area contributed by atoms with Gasteiger partial charge in [0.25, 0.3) is 10.0 Å². The van der Waals surface area contributed by atoms with E-state index in [0.717, 1.165) is 0 Å². The third-order valence-electron chi connectivity index (χ3n) is 2.27. The highest BCUT2D eigenvalue weighted by Crippen LogP contribution is 2.09. The molecule has 0 fully saturated rings. The van der Waals surface area contributed by atoms with E-state index >= 15 is 0 Å². The second-order valence-electron chi connectivity index (χ2n) is 3.54. The van der Waals surface area contributed by atoms with Crippen LogP contribution < -0.4 is 4.72 Å². The third kappa shape index (κ3) is 3.25. The van der Waals surface area contributed by atoms with Crippen molar-refractivity contribution in [2.24, 2.45) is 7.05 Å². The van der Waals surface area contributed by atoms with Crippen molar-refractivity contribution in [1.29, 1.82) is 0 Å². The molecule has 0 aliphatic rings. The van der Waals surface area contributed by atoms with Crippen LogP contribution in [0.3, 0.4) is 0 Å². The average Bonchev–Trinajstić information content (AvgIpc) is 2.66. The van der Waals surface area contributed by atoms with E-state index in [1.54, 1.807) is 14.0 Å². The van der Waals surface area contributed by atoms with Gasteiger partial charge in [-0.05, 0) is 13.0 Å². The number of nitrogens with one attached hydrogen (secondary N) is 1. The number of nitrogens with zero attached hydrogens (tertiary/aromatic N) is 2. The summed E-state index contributed by atoms with van der Waals surface area (Å²) in [6.45, 7) is 1.66. The minimum atomic E-state index is -3.62. The van der Waals surface area contributed by atoms with Crippen LogP contribution in [-0.4, -0.2) is 44.7 Å². The van der Waals surface area contributed by atoms with Gasteiger partial charge >= 0.3 is 0 Å². The van der Waals surface area contributed by atoms with Crippen LogP contribution in [0.1, 0.15) is 6.92 Å².